The molecule has 3 rings (SSSR count). The Hall–Kier alpha value is -1.89. The molecule has 2 fully saturated rings. The molecule has 0 radical (unpaired) electrons. The highest BCUT2D eigenvalue weighted by molar-refractivity contribution is 7.12. The summed E-state index contributed by atoms with van der Waals surface area (Å²) < 4.78 is 0. The maximum absolute atomic E-state index is 13.2. The molecule has 0 aliphatic carbocycles. The Balaban J connectivity index is 1.52. The molecule has 1 atom stereocenters. The van der Waals surface area contributed by atoms with Crippen molar-refractivity contribution in [2.75, 3.05) is 26.2 Å². The van der Waals surface area contributed by atoms with Gasteiger partial charge in [0, 0.05) is 32.1 Å². The quantitative estimate of drug-likeness (QED) is 0.690. The van der Waals surface area contributed by atoms with Crippen LogP contribution in [0.5, 0.6) is 0 Å². The van der Waals surface area contributed by atoms with Crippen LogP contribution in [-0.2, 0) is 9.59 Å². The van der Waals surface area contributed by atoms with Crippen LogP contribution in [0.25, 0.3) is 0 Å². The van der Waals surface area contributed by atoms with Crippen LogP contribution in [0, 0.1) is 5.92 Å². The predicted molar refractivity (Wildman–Crippen MR) is 115 cm³/mol. The molecule has 0 aromatic carbocycles. The van der Waals surface area contributed by atoms with E-state index in [4.69, 9.17) is 0 Å². The maximum Gasteiger partial charge on any atom is 0.264 e. The fourth-order valence-electron chi connectivity index (χ4n) is 4.28. The van der Waals surface area contributed by atoms with Gasteiger partial charge >= 0.3 is 0 Å². The number of amides is 3. The standard InChI is InChI=1S/C22H33N3O3S/c1-2-3-5-12-23-20(26)17-10-14-24(15-11-17)21(27)18-8-4-6-13-25(18)22(28)19-9-7-16-29-19/h7,9,16-18H,2-6,8,10-15H2,1H3,(H,23,26). The Morgan fingerprint density at radius 1 is 1.10 bits per heavy atom. The number of hydrogen-bond acceptors (Lipinski definition) is 4. The Morgan fingerprint density at radius 3 is 2.59 bits per heavy atom. The first-order chi connectivity index (χ1) is 14.1. The van der Waals surface area contributed by atoms with Crippen molar-refractivity contribution in [3.8, 4) is 0 Å². The summed E-state index contributed by atoms with van der Waals surface area (Å²) in [5, 5.41) is 4.93. The number of carbonyl (C=O) groups is 3. The number of unbranched alkanes of at least 4 members (excludes halogenated alkanes) is 2. The van der Waals surface area contributed by atoms with E-state index < -0.39 is 0 Å². The molecule has 0 spiro atoms. The molecule has 160 valence electrons. The van der Waals surface area contributed by atoms with E-state index in [-0.39, 0.29) is 29.7 Å². The van der Waals surface area contributed by atoms with Crippen LogP contribution in [-0.4, -0.2) is 59.7 Å². The smallest absolute Gasteiger partial charge is 0.264 e. The highest BCUT2D eigenvalue weighted by atomic mass is 32.1. The molecule has 1 N–H and O–H groups in total. The number of hydrogen-bond donors (Lipinski definition) is 1. The molecule has 2 aliphatic rings. The largest absolute Gasteiger partial charge is 0.356 e. The van der Waals surface area contributed by atoms with Crippen LogP contribution < -0.4 is 5.32 Å². The lowest BCUT2D eigenvalue weighted by molar-refractivity contribution is -0.140. The van der Waals surface area contributed by atoms with Crippen LogP contribution in [0.2, 0.25) is 0 Å². The highest BCUT2D eigenvalue weighted by Crippen LogP contribution is 2.25. The first-order valence-electron chi connectivity index (χ1n) is 11.0. The second-order valence-electron chi connectivity index (χ2n) is 8.09. The lowest BCUT2D eigenvalue weighted by atomic mass is 9.94. The van der Waals surface area contributed by atoms with Crippen molar-refractivity contribution in [2.24, 2.45) is 5.92 Å². The normalized spacial score (nSPS) is 20.5. The van der Waals surface area contributed by atoms with Gasteiger partial charge in [-0.15, -0.1) is 11.3 Å². The number of rotatable bonds is 7. The lowest BCUT2D eigenvalue weighted by Crippen LogP contribution is -2.54. The third-order valence-electron chi connectivity index (χ3n) is 6.04. The second kappa shape index (κ2) is 10.8. The number of carbonyl (C=O) groups excluding carboxylic acids is 3. The van der Waals surface area contributed by atoms with Gasteiger partial charge in [0.1, 0.15) is 6.04 Å². The predicted octanol–water partition coefficient (Wildman–Crippen LogP) is 3.29. The van der Waals surface area contributed by atoms with E-state index in [1.54, 1.807) is 4.90 Å². The number of nitrogens with zero attached hydrogens (tertiary/aromatic N) is 2. The summed E-state index contributed by atoms with van der Waals surface area (Å²) in [6, 6.07) is 3.34. The first-order valence-corrected chi connectivity index (χ1v) is 11.9. The van der Waals surface area contributed by atoms with Crippen LogP contribution in [0.3, 0.4) is 0 Å². The van der Waals surface area contributed by atoms with Gasteiger partial charge in [-0.3, -0.25) is 14.4 Å². The first kappa shape index (κ1) is 21.8. The molecule has 3 amide bonds. The Labute approximate surface area is 177 Å². The van der Waals surface area contributed by atoms with Gasteiger partial charge in [-0.25, -0.2) is 0 Å². The van der Waals surface area contributed by atoms with Crippen molar-refractivity contribution in [2.45, 2.75) is 64.3 Å². The SMILES string of the molecule is CCCCCNC(=O)C1CCN(C(=O)C2CCCCN2C(=O)c2cccs2)CC1. The molecule has 3 heterocycles. The number of piperidine rings is 2. The van der Waals surface area contributed by atoms with E-state index in [0.717, 1.165) is 45.1 Å². The number of likely N-dealkylation sites (tertiary alicyclic amines) is 2. The molecule has 2 aliphatic heterocycles. The fourth-order valence-corrected chi connectivity index (χ4v) is 4.96. The second-order valence-corrected chi connectivity index (χ2v) is 9.03. The summed E-state index contributed by atoms with van der Waals surface area (Å²) in [7, 11) is 0. The van der Waals surface area contributed by atoms with Crippen molar-refractivity contribution in [1.82, 2.24) is 15.1 Å². The van der Waals surface area contributed by atoms with E-state index >= 15 is 0 Å². The Bertz CT molecular complexity index is 683. The zero-order chi connectivity index (χ0) is 20.6. The molecule has 2 saturated heterocycles. The molecule has 29 heavy (non-hydrogen) atoms. The summed E-state index contributed by atoms with van der Waals surface area (Å²) in [5.74, 6) is 0.145. The van der Waals surface area contributed by atoms with Crippen molar-refractivity contribution in [1.29, 1.82) is 0 Å². The van der Waals surface area contributed by atoms with Crippen molar-refractivity contribution in [3.63, 3.8) is 0 Å². The highest BCUT2D eigenvalue weighted by Gasteiger charge is 2.37. The van der Waals surface area contributed by atoms with Crippen molar-refractivity contribution in [3.05, 3.63) is 22.4 Å². The molecule has 1 unspecified atom stereocenters. The molecular formula is C22H33N3O3S. The minimum atomic E-state index is -0.363. The minimum absolute atomic E-state index is 0.00381. The van der Waals surface area contributed by atoms with E-state index in [2.05, 4.69) is 12.2 Å². The van der Waals surface area contributed by atoms with Crippen LogP contribution in [0.15, 0.2) is 17.5 Å². The van der Waals surface area contributed by atoms with Gasteiger partial charge in [0.2, 0.25) is 11.8 Å². The van der Waals surface area contributed by atoms with Gasteiger partial charge in [0.25, 0.3) is 5.91 Å². The summed E-state index contributed by atoms with van der Waals surface area (Å²) in [4.78, 5) is 42.7. The van der Waals surface area contributed by atoms with Crippen LogP contribution in [0.1, 0.15) is 68.0 Å². The Kier molecular flexibility index (Phi) is 8.09. The molecule has 1 aromatic heterocycles. The molecular weight excluding hydrogens is 386 g/mol. The monoisotopic (exact) mass is 419 g/mol. The average molecular weight is 420 g/mol. The summed E-state index contributed by atoms with van der Waals surface area (Å²) in [6.45, 7) is 4.74. The molecule has 1 aromatic rings. The van der Waals surface area contributed by atoms with Crippen molar-refractivity contribution >= 4 is 29.1 Å². The van der Waals surface area contributed by atoms with Gasteiger partial charge in [-0.1, -0.05) is 25.8 Å². The summed E-state index contributed by atoms with van der Waals surface area (Å²) in [6.07, 6.45) is 7.36. The lowest BCUT2D eigenvalue weighted by Gasteiger charge is -2.39. The topological polar surface area (TPSA) is 69.7 Å². The zero-order valence-corrected chi connectivity index (χ0v) is 18.2. The molecule has 0 saturated carbocycles. The van der Waals surface area contributed by atoms with Gasteiger partial charge < -0.3 is 15.1 Å². The molecule has 7 heteroatoms. The third-order valence-corrected chi connectivity index (χ3v) is 6.90. The Morgan fingerprint density at radius 2 is 1.90 bits per heavy atom. The molecule has 0 bridgehead atoms. The van der Waals surface area contributed by atoms with E-state index in [1.165, 1.54) is 11.3 Å². The zero-order valence-electron chi connectivity index (χ0n) is 17.4. The van der Waals surface area contributed by atoms with Crippen LogP contribution in [0.4, 0.5) is 0 Å². The third kappa shape index (κ3) is 5.59. The summed E-state index contributed by atoms with van der Waals surface area (Å²) >= 11 is 1.43. The van der Waals surface area contributed by atoms with Gasteiger partial charge in [0.15, 0.2) is 0 Å². The summed E-state index contributed by atoms with van der Waals surface area (Å²) in [5.41, 5.74) is 0. The van der Waals surface area contributed by atoms with Crippen LogP contribution >= 0.6 is 11.3 Å². The van der Waals surface area contributed by atoms with Gasteiger partial charge in [0.05, 0.1) is 4.88 Å². The molecule has 6 nitrogen and oxygen atoms in total. The minimum Gasteiger partial charge on any atom is -0.356 e. The van der Waals surface area contributed by atoms with E-state index in [1.807, 2.05) is 22.4 Å². The van der Waals surface area contributed by atoms with E-state index in [9.17, 15) is 14.4 Å². The number of nitrogens with one attached hydrogen (secondary N) is 1. The number of thiophene rings is 1. The van der Waals surface area contributed by atoms with Gasteiger partial charge in [-0.05, 0) is 50.0 Å². The maximum atomic E-state index is 13.2. The fraction of sp³-hybridized carbons (Fsp3) is 0.682. The van der Waals surface area contributed by atoms with Gasteiger partial charge in [-0.2, -0.15) is 0 Å². The van der Waals surface area contributed by atoms with Crippen molar-refractivity contribution < 1.29 is 14.4 Å². The average Bonchev–Trinajstić information content (AvgIpc) is 3.31. The van der Waals surface area contributed by atoms with E-state index in [0.29, 0.717) is 37.4 Å².